The summed E-state index contributed by atoms with van der Waals surface area (Å²) >= 11 is 11.7. The lowest BCUT2D eigenvalue weighted by Crippen LogP contribution is -2.16. The molecule has 11 heteroatoms. The van der Waals surface area contributed by atoms with E-state index < -0.39 is 17.7 Å². The fourth-order valence-electron chi connectivity index (χ4n) is 1.76. The summed E-state index contributed by atoms with van der Waals surface area (Å²) in [6.45, 7) is -0.393. The summed E-state index contributed by atoms with van der Waals surface area (Å²) < 4.78 is 10.2. The standard InChI is InChI=1S/C14H11Cl2N3O6/c1-17-25-14(20)23-7-8-4-10(2-3-12(8)19(21)22)24-13-11(16)5-9(15)6-18-13/h2-6,17H,7H2,1H3. The lowest BCUT2D eigenvalue weighted by molar-refractivity contribution is -0.385. The second-order valence-electron chi connectivity index (χ2n) is 4.44. The minimum Gasteiger partial charge on any atom is -0.438 e. The predicted molar refractivity (Wildman–Crippen MR) is 87.8 cm³/mol. The normalized spacial score (nSPS) is 10.2. The van der Waals surface area contributed by atoms with Crippen LogP contribution in [0.15, 0.2) is 30.5 Å². The molecule has 0 unspecified atom stereocenters. The number of hydroxylamine groups is 1. The number of pyridine rings is 1. The Balaban J connectivity index is 2.23. The van der Waals surface area contributed by atoms with Gasteiger partial charge in [-0.2, -0.15) is 5.48 Å². The number of aromatic nitrogens is 1. The molecule has 1 N–H and O–H groups in total. The maximum Gasteiger partial charge on any atom is 0.528 e. The Morgan fingerprint density at radius 1 is 1.36 bits per heavy atom. The van der Waals surface area contributed by atoms with Crippen molar-refractivity contribution in [3.8, 4) is 11.6 Å². The highest BCUT2D eigenvalue weighted by atomic mass is 35.5. The van der Waals surface area contributed by atoms with Crippen molar-refractivity contribution in [3.63, 3.8) is 0 Å². The van der Waals surface area contributed by atoms with E-state index in [0.717, 1.165) is 0 Å². The molecule has 0 amide bonds. The Kier molecular flexibility index (Phi) is 6.34. The third-order valence-electron chi connectivity index (χ3n) is 2.77. The topological polar surface area (TPSA) is 113 Å². The number of hydrogen-bond donors (Lipinski definition) is 1. The fourth-order valence-corrected chi connectivity index (χ4v) is 2.18. The van der Waals surface area contributed by atoms with Crippen LogP contribution in [-0.2, 0) is 16.2 Å². The Labute approximate surface area is 151 Å². The zero-order valence-electron chi connectivity index (χ0n) is 12.7. The maximum atomic E-state index is 11.2. The van der Waals surface area contributed by atoms with E-state index >= 15 is 0 Å². The van der Waals surface area contributed by atoms with E-state index in [-0.39, 0.29) is 27.9 Å². The van der Waals surface area contributed by atoms with Gasteiger partial charge in [-0.3, -0.25) is 10.1 Å². The van der Waals surface area contributed by atoms with E-state index in [1.165, 1.54) is 37.5 Å². The summed E-state index contributed by atoms with van der Waals surface area (Å²) in [5.41, 5.74) is 1.98. The number of nitrogens with zero attached hydrogens (tertiary/aromatic N) is 2. The van der Waals surface area contributed by atoms with Gasteiger partial charge in [-0.05, 0) is 18.2 Å². The molecule has 0 fully saturated rings. The molecule has 0 radical (unpaired) electrons. The average molecular weight is 388 g/mol. The van der Waals surface area contributed by atoms with E-state index in [9.17, 15) is 14.9 Å². The van der Waals surface area contributed by atoms with Gasteiger partial charge in [-0.1, -0.05) is 23.2 Å². The zero-order chi connectivity index (χ0) is 18.4. The number of benzene rings is 1. The van der Waals surface area contributed by atoms with E-state index in [1.807, 2.05) is 0 Å². The molecule has 0 bridgehead atoms. The van der Waals surface area contributed by atoms with Crippen LogP contribution in [0.2, 0.25) is 10.0 Å². The van der Waals surface area contributed by atoms with Crippen LogP contribution < -0.4 is 10.2 Å². The van der Waals surface area contributed by atoms with Crippen molar-refractivity contribution >= 4 is 35.0 Å². The maximum absolute atomic E-state index is 11.2. The predicted octanol–water partition coefficient (Wildman–Crippen LogP) is 3.88. The van der Waals surface area contributed by atoms with Gasteiger partial charge in [-0.15, -0.1) is 0 Å². The highest BCUT2D eigenvalue weighted by Gasteiger charge is 2.18. The van der Waals surface area contributed by atoms with Crippen molar-refractivity contribution in [3.05, 3.63) is 56.2 Å². The molecular weight excluding hydrogens is 377 g/mol. The molecular formula is C14H11Cl2N3O6. The molecule has 0 aliphatic carbocycles. The van der Waals surface area contributed by atoms with Gasteiger partial charge in [0.25, 0.3) is 5.69 Å². The molecule has 25 heavy (non-hydrogen) atoms. The number of hydrogen-bond acceptors (Lipinski definition) is 8. The molecule has 1 aromatic carbocycles. The van der Waals surface area contributed by atoms with Crippen LogP contribution in [0.3, 0.4) is 0 Å². The average Bonchev–Trinajstić information content (AvgIpc) is 2.56. The third kappa shape index (κ3) is 5.18. The van der Waals surface area contributed by atoms with E-state index in [2.05, 4.69) is 15.3 Å². The number of halogens is 2. The first-order valence-corrected chi connectivity index (χ1v) is 7.43. The summed E-state index contributed by atoms with van der Waals surface area (Å²) in [6, 6.07) is 5.34. The summed E-state index contributed by atoms with van der Waals surface area (Å²) in [4.78, 5) is 30.0. The van der Waals surface area contributed by atoms with Gasteiger partial charge in [0, 0.05) is 19.3 Å². The summed E-state index contributed by atoms with van der Waals surface area (Å²) in [6.07, 6.45) is 0.303. The highest BCUT2D eigenvalue weighted by Crippen LogP contribution is 2.31. The van der Waals surface area contributed by atoms with Crippen LogP contribution in [0.5, 0.6) is 11.6 Å². The van der Waals surface area contributed by atoms with Gasteiger partial charge in [-0.25, -0.2) is 9.78 Å². The van der Waals surface area contributed by atoms with Gasteiger partial charge in [0.1, 0.15) is 17.4 Å². The lowest BCUT2D eigenvalue weighted by atomic mass is 10.2. The van der Waals surface area contributed by atoms with Crippen LogP contribution in [0.25, 0.3) is 0 Å². The number of nitro benzene ring substituents is 1. The number of nitro groups is 1. The number of rotatable bonds is 6. The van der Waals surface area contributed by atoms with Crippen LogP contribution in [-0.4, -0.2) is 23.1 Å². The minimum absolute atomic E-state index is 0.0707. The highest BCUT2D eigenvalue weighted by molar-refractivity contribution is 6.35. The van der Waals surface area contributed by atoms with Crippen molar-refractivity contribution in [1.82, 2.24) is 10.5 Å². The summed E-state index contributed by atoms with van der Waals surface area (Å²) in [7, 11) is 1.36. The van der Waals surface area contributed by atoms with Crippen LogP contribution in [0, 0.1) is 10.1 Å². The monoisotopic (exact) mass is 387 g/mol. The van der Waals surface area contributed by atoms with Crippen molar-refractivity contribution in [2.75, 3.05) is 7.05 Å². The van der Waals surface area contributed by atoms with Gasteiger partial charge in [0.2, 0.25) is 5.88 Å². The number of carbonyl (C=O) groups is 1. The largest absolute Gasteiger partial charge is 0.528 e. The van der Waals surface area contributed by atoms with Gasteiger partial charge in [0.05, 0.1) is 15.5 Å². The molecule has 0 saturated carbocycles. The van der Waals surface area contributed by atoms with Gasteiger partial charge < -0.3 is 14.3 Å². The Morgan fingerprint density at radius 3 is 2.76 bits per heavy atom. The molecule has 2 aromatic rings. The number of nitrogens with one attached hydrogen (secondary N) is 1. The summed E-state index contributed by atoms with van der Waals surface area (Å²) in [5, 5.41) is 11.6. The van der Waals surface area contributed by atoms with Gasteiger partial charge >= 0.3 is 6.16 Å². The molecule has 0 atom stereocenters. The SMILES string of the molecule is CNOC(=O)OCc1cc(Oc2ncc(Cl)cc2Cl)ccc1[N+](=O)[O-]. The molecule has 0 aliphatic rings. The quantitative estimate of drug-likeness (QED) is 0.451. The molecule has 0 aliphatic heterocycles. The van der Waals surface area contributed by atoms with Crippen molar-refractivity contribution < 1.29 is 24.0 Å². The van der Waals surface area contributed by atoms with Crippen LogP contribution >= 0.6 is 23.2 Å². The first-order valence-electron chi connectivity index (χ1n) is 6.67. The Bertz CT molecular complexity index is 802. The number of ether oxygens (including phenoxy) is 2. The second-order valence-corrected chi connectivity index (χ2v) is 5.28. The van der Waals surface area contributed by atoms with Gasteiger partial charge in [0.15, 0.2) is 0 Å². The number of carbonyl (C=O) groups excluding carboxylic acids is 1. The first-order chi connectivity index (χ1) is 11.9. The minimum atomic E-state index is -1.04. The molecule has 0 spiro atoms. The first kappa shape index (κ1) is 18.7. The lowest BCUT2D eigenvalue weighted by Gasteiger charge is -2.09. The Hall–Kier alpha value is -2.62. The van der Waals surface area contributed by atoms with E-state index in [1.54, 1.807) is 0 Å². The zero-order valence-corrected chi connectivity index (χ0v) is 14.2. The molecule has 132 valence electrons. The van der Waals surface area contributed by atoms with Crippen molar-refractivity contribution in [1.29, 1.82) is 0 Å². The Morgan fingerprint density at radius 2 is 2.12 bits per heavy atom. The molecule has 2 rings (SSSR count). The van der Waals surface area contributed by atoms with E-state index in [4.69, 9.17) is 32.7 Å². The van der Waals surface area contributed by atoms with Crippen LogP contribution in [0.1, 0.15) is 5.56 Å². The van der Waals surface area contributed by atoms with E-state index in [0.29, 0.717) is 5.02 Å². The molecule has 1 heterocycles. The molecule has 1 aromatic heterocycles. The van der Waals surface area contributed by atoms with Crippen molar-refractivity contribution in [2.45, 2.75) is 6.61 Å². The molecule has 0 saturated heterocycles. The smallest absolute Gasteiger partial charge is 0.438 e. The molecule has 9 nitrogen and oxygen atoms in total. The fraction of sp³-hybridized carbons (Fsp3) is 0.143. The second kappa shape index (κ2) is 8.47. The third-order valence-corrected chi connectivity index (χ3v) is 3.24. The van der Waals surface area contributed by atoms with Crippen LogP contribution in [0.4, 0.5) is 10.5 Å². The summed E-state index contributed by atoms with van der Waals surface area (Å²) in [5.74, 6) is 0.282. The van der Waals surface area contributed by atoms with Crippen molar-refractivity contribution in [2.24, 2.45) is 0 Å².